The fraction of sp³-hybridized carbons (Fsp3) is 0.300. The summed E-state index contributed by atoms with van der Waals surface area (Å²) in [5.41, 5.74) is 2.77. The molecule has 0 radical (unpaired) electrons. The van der Waals surface area contributed by atoms with Crippen LogP contribution in [-0.2, 0) is 11.3 Å². The number of unbranched alkanes of at least 4 members (excludes halogenated alkanes) is 1. The van der Waals surface area contributed by atoms with Gasteiger partial charge in [-0.05, 0) is 37.0 Å². The molecule has 0 saturated heterocycles. The van der Waals surface area contributed by atoms with Crippen molar-refractivity contribution < 1.29 is 9.53 Å². The van der Waals surface area contributed by atoms with Crippen LogP contribution in [0, 0.1) is 0 Å². The van der Waals surface area contributed by atoms with E-state index in [9.17, 15) is 4.79 Å². The van der Waals surface area contributed by atoms with E-state index in [-0.39, 0.29) is 12.6 Å². The molecule has 148 valence electrons. The molecule has 0 bridgehead atoms. The monoisotopic (exact) mass is 399 g/mol. The number of benzene rings is 2. The maximum absolute atomic E-state index is 12.3. The van der Waals surface area contributed by atoms with Gasteiger partial charge in [-0.3, -0.25) is 9.86 Å². The van der Waals surface area contributed by atoms with E-state index in [1.807, 2.05) is 54.6 Å². The third-order valence-electron chi connectivity index (χ3n) is 4.35. The molecule has 3 aromatic rings. The number of carbonyl (C=O) groups excluding carboxylic acids is 1. The van der Waals surface area contributed by atoms with Crippen molar-refractivity contribution in [3.8, 4) is 0 Å². The highest BCUT2D eigenvalue weighted by atomic mass is 32.2. The van der Waals surface area contributed by atoms with Crippen molar-refractivity contribution >= 4 is 29.3 Å². The Kier molecular flexibility index (Phi) is 7.71. The first-order chi connectivity index (χ1) is 13.8. The van der Waals surface area contributed by atoms with Crippen LogP contribution in [0.1, 0.15) is 36.7 Å². The second-order valence-electron chi connectivity index (χ2n) is 6.41. The normalized spacial score (nSPS) is 12.0. The Balaban J connectivity index is 1.62. The largest absolute Gasteiger partial charge is 0.445 e. The first kappa shape index (κ1) is 20.2. The Morgan fingerprint density at radius 3 is 2.71 bits per heavy atom. The van der Waals surface area contributed by atoms with Gasteiger partial charge >= 0.3 is 6.09 Å². The Morgan fingerprint density at radius 2 is 1.93 bits per heavy atom. The van der Waals surface area contributed by atoms with Crippen molar-refractivity contribution in [1.29, 1.82) is 0 Å². The third kappa shape index (κ3) is 5.98. The van der Waals surface area contributed by atoms with E-state index in [1.54, 1.807) is 0 Å². The number of nitrogens with one attached hydrogen (secondary N) is 3. The lowest BCUT2D eigenvalue weighted by Gasteiger charge is -2.17. The number of ether oxygens (including phenoxy) is 1. The molecule has 1 amide bonds. The van der Waals surface area contributed by atoms with Crippen molar-refractivity contribution in [3.05, 3.63) is 66.0 Å². The minimum absolute atomic E-state index is 0.233. The van der Waals surface area contributed by atoms with Crippen LogP contribution in [-0.4, -0.2) is 22.6 Å². The van der Waals surface area contributed by atoms with Crippen LogP contribution in [0.5, 0.6) is 0 Å². The molecular formula is C20H25N5O2S. The van der Waals surface area contributed by atoms with Crippen LogP contribution in [0.3, 0.4) is 0 Å². The molecule has 1 atom stereocenters. The number of rotatable bonds is 10. The van der Waals surface area contributed by atoms with Gasteiger partial charge in [-0.1, -0.05) is 42.5 Å². The predicted octanol–water partition coefficient (Wildman–Crippen LogP) is 3.81. The number of aromatic amines is 1. The Hall–Kier alpha value is -2.55. The van der Waals surface area contributed by atoms with Gasteiger partial charge in [0.2, 0.25) is 0 Å². The summed E-state index contributed by atoms with van der Waals surface area (Å²) < 4.78 is 8.40. The second-order valence-corrected chi connectivity index (χ2v) is 6.93. The van der Waals surface area contributed by atoms with Crippen LogP contribution < -0.4 is 15.2 Å². The van der Waals surface area contributed by atoms with Crippen LogP contribution in [0.25, 0.3) is 11.0 Å². The number of fused-ring (bicyclic) bond motifs is 1. The van der Waals surface area contributed by atoms with E-state index in [0.717, 1.165) is 60.4 Å². The fourth-order valence-corrected chi connectivity index (χ4v) is 3.19. The van der Waals surface area contributed by atoms with Crippen molar-refractivity contribution in [3.63, 3.8) is 0 Å². The van der Waals surface area contributed by atoms with Gasteiger partial charge < -0.3 is 15.0 Å². The summed E-state index contributed by atoms with van der Waals surface area (Å²) in [5, 5.41) is 8.32. The summed E-state index contributed by atoms with van der Waals surface area (Å²) >= 11 is 1.12. The number of alkyl carbamates (subject to hydrolysis) is 1. The van der Waals surface area contributed by atoms with Crippen molar-refractivity contribution in [2.75, 3.05) is 6.54 Å². The molecule has 0 aliphatic carbocycles. The topological polar surface area (TPSA) is 105 Å². The molecule has 8 heteroatoms. The molecule has 1 heterocycles. The van der Waals surface area contributed by atoms with E-state index in [4.69, 9.17) is 9.88 Å². The smallest absolute Gasteiger partial charge is 0.408 e. The van der Waals surface area contributed by atoms with Crippen molar-refractivity contribution in [2.45, 2.75) is 31.9 Å². The highest BCUT2D eigenvalue weighted by Gasteiger charge is 2.19. The van der Waals surface area contributed by atoms with Gasteiger partial charge in [0, 0.05) is 18.7 Å². The van der Waals surface area contributed by atoms with Gasteiger partial charge in [-0.15, -0.1) is 0 Å². The van der Waals surface area contributed by atoms with Crippen LogP contribution in [0.4, 0.5) is 4.79 Å². The van der Waals surface area contributed by atoms with Gasteiger partial charge in [0.05, 0.1) is 17.1 Å². The van der Waals surface area contributed by atoms with E-state index < -0.39 is 6.09 Å². The van der Waals surface area contributed by atoms with Crippen LogP contribution >= 0.6 is 12.1 Å². The maximum Gasteiger partial charge on any atom is 0.408 e. The summed E-state index contributed by atoms with van der Waals surface area (Å²) in [4.78, 5) is 20.3. The number of amides is 1. The Bertz CT molecular complexity index is 838. The number of H-pyrrole nitrogens is 1. The van der Waals surface area contributed by atoms with E-state index in [1.165, 1.54) is 0 Å². The lowest BCUT2D eigenvalue weighted by atomic mass is 10.1. The average molecular weight is 400 g/mol. The molecule has 0 aliphatic heterocycles. The first-order valence-corrected chi connectivity index (χ1v) is 10.1. The molecule has 1 unspecified atom stereocenters. The molecule has 7 nitrogen and oxygen atoms in total. The van der Waals surface area contributed by atoms with Crippen LogP contribution in [0.15, 0.2) is 54.6 Å². The number of para-hydroxylation sites is 2. The summed E-state index contributed by atoms with van der Waals surface area (Å²) in [6, 6.07) is 17.2. The molecule has 5 N–H and O–H groups in total. The molecule has 0 fully saturated rings. The lowest BCUT2D eigenvalue weighted by Crippen LogP contribution is -2.30. The van der Waals surface area contributed by atoms with Gasteiger partial charge in [-0.25, -0.2) is 9.78 Å². The quantitative estimate of drug-likeness (QED) is 0.305. The maximum atomic E-state index is 12.3. The molecule has 0 spiro atoms. The second kappa shape index (κ2) is 10.7. The number of aromatic nitrogens is 2. The first-order valence-electron chi connectivity index (χ1n) is 9.26. The molecular weight excluding hydrogens is 374 g/mol. The van der Waals surface area contributed by atoms with E-state index in [2.05, 4.69) is 20.0 Å². The zero-order valence-electron chi connectivity index (χ0n) is 15.6. The van der Waals surface area contributed by atoms with E-state index >= 15 is 0 Å². The molecule has 0 saturated carbocycles. The standard InChI is InChI=1S/C20H25N5O2S/c21-28-22-13-7-6-12-18(19-23-16-10-4-5-11-17(16)24-19)25-20(26)27-14-15-8-2-1-3-9-15/h1-5,8-11,18,22H,6-7,12-14,21H2,(H,23,24)(H,25,26). The minimum Gasteiger partial charge on any atom is -0.445 e. The number of nitrogens with zero attached hydrogens (tertiary/aromatic N) is 1. The van der Waals surface area contributed by atoms with Crippen molar-refractivity contribution in [2.24, 2.45) is 5.14 Å². The number of nitrogens with two attached hydrogens (primary N) is 1. The van der Waals surface area contributed by atoms with Crippen molar-refractivity contribution in [1.82, 2.24) is 20.0 Å². The molecule has 1 aromatic heterocycles. The number of hydrogen-bond acceptors (Lipinski definition) is 6. The Labute approximate surface area is 168 Å². The minimum atomic E-state index is -0.454. The lowest BCUT2D eigenvalue weighted by molar-refractivity contribution is 0.134. The summed E-state index contributed by atoms with van der Waals surface area (Å²) in [5.74, 6) is 0.735. The average Bonchev–Trinajstić information content (AvgIpc) is 3.16. The zero-order valence-corrected chi connectivity index (χ0v) is 16.4. The molecule has 3 rings (SSSR count). The zero-order chi connectivity index (χ0) is 19.6. The summed E-state index contributed by atoms with van der Waals surface area (Å²) in [6.07, 6.45) is 2.15. The highest BCUT2D eigenvalue weighted by Crippen LogP contribution is 2.21. The summed E-state index contributed by atoms with van der Waals surface area (Å²) in [7, 11) is 0. The van der Waals surface area contributed by atoms with Gasteiger partial charge in [-0.2, -0.15) is 0 Å². The van der Waals surface area contributed by atoms with Gasteiger partial charge in [0.15, 0.2) is 0 Å². The van der Waals surface area contributed by atoms with Gasteiger partial charge in [0.25, 0.3) is 0 Å². The van der Waals surface area contributed by atoms with E-state index in [0.29, 0.717) is 0 Å². The predicted molar refractivity (Wildman–Crippen MR) is 112 cm³/mol. The molecule has 2 aromatic carbocycles. The Morgan fingerprint density at radius 1 is 1.14 bits per heavy atom. The van der Waals surface area contributed by atoms with Gasteiger partial charge in [0.1, 0.15) is 12.4 Å². The fourth-order valence-electron chi connectivity index (χ4n) is 2.93. The SMILES string of the molecule is NSNCCCCC(NC(=O)OCc1ccccc1)c1nc2ccccc2[nH]1. The molecule has 0 aliphatic rings. The number of hydrogen-bond donors (Lipinski definition) is 4. The highest BCUT2D eigenvalue weighted by molar-refractivity contribution is 7.95. The number of imidazole rings is 1. The van der Waals surface area contributed by atoms with Crippen LogP contribution in [0.2, 0.25) is 0 Å². The molecule has 28 heavy (non-hydrogen) atoms. The number of carbonyl (C=O) groups is 1. The summed E-state index contributed by atoms with van der Waals surface area (Å²) in [6.45, 7) is 1.05. The third-order valence-corrected chi connectivity index (χ3v) is 4.72.